The highest BCUT2D eigenvalue weighted by Gasteiger charge is 2.23. The van der Waals surface area contributed by atoms with Crippen LogP contribution in [0.5, 0.6) is 0 Å². The van der Waals surface area contributed by atoms with Crippen molar-refractivity contribution in [2.45, 2.75) is 19.3 Å². The molecule has 0 bridgehead atoms. The lowest BCUT2D eigenvalue weighted by atomic mass is 10.1. The monoisotopic (exact) mass is 313 g/mol. The highest BCUT2D eigenvalue weighted by atomic mass is 16.5. The van der Waals surface area contributed by atoms with E-state index in [0.29, 0.717) is 11.4 Å². The lowest BCUT2D eigenvalue weighted by Gasteiger charge is -2.29. The minimum Gasteiger partial charge on any atom is -0.464 e. The van der Waals surface area contributed by atoms with Crippen molar-refractivity contribution in [1.29, 1.82) is 0 Å². The molecule has 120 valence electrons. The largest absolute Gasteiger partial charge is 0.464 e. The quantitative estimate of drug-likeness (QED) is 0.811. The van der Waals surface area contributed by atoms with E-state index in [1.54, 1.807) is 12.1 Å². The number of hydrogen-bond donors (Lipinski definition) is 0. The summed E-state index contributed by atoms with van der Waals surface area (Å²) in [6.45, 7) is 1.64. The molecule has 0 atom stereocenters. The van der Waals surface area contributed by atoms with Crippen LogP contribution >= 0.6 is 0 Å². The van der Waals surface area contributed by atoms with E-state index in [0.717, 1.165) is 25.9 Å². The van der Waals surface area contributed by atoms with E-state index < -0.39 is 5.97 Å². The number of nitrogens with zero attached hydrogens (tertiary/aromatic N) is 3. The molecule has 6 nitrogen and oxygen atoms in total. The van der Waals surface area contributed by atoms with Crippen molar-refractivity contribution in [2.24, 2.45) is 0 Å². The summed E-state index contributed by atoms with van der Waals surface area (Å²) in [5, 5.41) is 4.28. The van der Waals surface area contributed by atoms with E-state index >= 15 is 0 Å². The summed E-state index contributed by atoms with van der Waals surface area (Å²) in [5.41, 5.74) is 1.10. The number of esters is 1. The van der Waals surface area contributed by atoms with Crippen LogP contribution in [0.2, 0.25) is 0 Å². The molecule has 1 saturated heterocycles. The molecular weight excluding hydrogens is 294 g/mol. The maximum absolute atomic E-state index is 12.5. The third-order valence-electron chi connectivity index (χ3n) is 3.99. The zero-order chi connectivity index (χ0) is 16.2. The second-order valence-electron chi connectivity index (χ2n) is 5.50. The molecule has 0 unspecified atom stereocenters. The standard InChI is InChI=1S/C17H19N3O3/c1-23-17(22)16-14(19-10-6-3-7-11-19)12-15(21)20(18-16)13-8-4-2-5-9-13/h2,4-5,8-9,12H,3,6-7,10-11H2,1H3. The molecule has 23 heavy (non-hydrogen) atoms. The van der Waals surface area contributed by atoms with Gasteiger partial charge in [-0.15, -0.1) is 0 Å². The number of carbonyl (C=O) groups is 1. The number of rotatable bonds is 3. The Hall–Kier alpha value is -2.63. The molecule has 1 aliphatic heterocycles. The average molecular weight is 313 g/mol. The lowest BCUT2D eigenvalue weighted by Crippen LogP contribution is -2.34. The molecule has 0 aliphatic carbocycles. The Morgan fingerprint density at radius 3 is 2.48 bits per heavy atom. The Kier molecular flexibility index (Phi) is 4.41. The van der Waals surface area contributed by atoms with Gasteiger partial charge in [-0.1, -0.05) is 18.2 Å². The summed E-state index contributed by atoms with van der Waals surface area (Å²) >= 11 is 0. The van der Waals surface area contributed by atoms with Gasteiger partial charge >= 0.3 is 5.97 Å². The van der Waals surface area contributed by atoms with Crippen LogP contribution in [-0.2, 0) is 4.74 Å². The van der Waals surface area contributed by atoms with Crippen molar-refractivity contribution in [3.8, 4) is 5.69 Å². The van der Waals surface area contributed by atoms with Crippen molar-refractivity contribution < 1.29 is 9.53 Å². The molecule has 2 heterocycles. The molecule has 6 heteroatoms. The summed E-state index contributed by atoms with van der Waals surface area (Å²) in [6, 6.07) is 10.5. The molecule has 1 aromatic heterocycles. The Morgan fingerprint density at radius 1 is 1.13 bits per heavy atom. The first kappa shape index (κ1) is 15.3. The lowest BCUT2D eigenvalue weighted by molar-refractivity contribution is 0.0592. The molecule has 3 rings (SSSR count). The molecule has 0 amide bonds. The molecule has 0 spiro atoms. The summed E-state index contributed by atoms with van der Waals surface area (Å²) in [5.74, 6) is -0.532. The van der Waals surface area contributed by atoms with Gasteiger partial charge in [-0.3, -0.25) is 4.79 Å². The minimum absolute atomic E-state index is 0.179. The molecule has 1 aliphatic rings. The first-order valence-corrected chi connectivity index (χ1v) is 7.74. The fraction of sp³-hybridized carbons (Fsp3) is 0.353. The van der Waals surface area contributed by atoms with Crippen LogP contribution in [0.1, 0.15) is 29.8 Å². The topological polar surface area (TPSA) is 64.4 Å². The summed E-state index contributed by atoms with van der Waals surface area (Å²) in [4.78, 5) is 26.7. The van der Waals surface area contributed by atoms with Crippen LogP contribution in [0.4, 0.5) is 5.69 Å². The Morgan fingerprint density at radius 2 is 1.83 bits per heavy atom. The number of methoxy groups -OCH3 is 1. The van der Waals surface area contributed by atoms with Crippen LogP contribution in [-0.4, -0.2) is 35.9 Å². The minimum atomic E-state index is -0.532. The van der Waals surface area contributed by atoms with Gasteiger partial charge in [0.1, 0.15) is 0 Å². The van der Waals surface area contributed by atoms with Gasteiger partial charge in [0.2, 0.25) is 0 Å². The van der Waals surface area contributed by atoms with E-state index in [-0.39, 0.29) is 11.3 Å². The number of ether oxygens (including phenoxy) is 1. The van der Waals surface area contributed by atoms with Gasteiger partial charge in [0.05, 0.1) is 18.5 Å². The van der Waals surface area contributed by atoms with Crippen LogP contribution in [0.3, 0.4) is 0 Å². The van der Waals surface area contributed by atoms with E-state index in [1.165, 1.54) is 24.3 Å². The Bertz CT molecular complexity index is 749. The number of carbonyl (C=O) groups excluding carboxylic acids is 1. The molecular formula is C17H19N3O3. The summed E-state index contributed by atoms with van der Waals surface area (Å²) in [7, 11) is 1.32. The van der Waals surface area contributed by atoms with Gasteiger partial charge in [0.15, 0.2) is 5.69 Å². The molecule has 1 aromatic carbocycles. The molecule has 0 saturated carbocycles. The number of benzene rings is 1. The van der Waals surface area contributed by atoms with Crippen molar-refractivity contribution in [3.63, 3.8) is 0 Å². The SMILES string of the molecule is COC(=O)c1nn(-c2ccccc2)c(=O)cc1N1CCCCC1. The van der Waals surface area contributed by atoms with Gasteiger partial charge < -0.3 is 9.64 Å². The second kappa shape index (κ2) is 6.64. The number of para-hydroxylation sites is 1. The van der Waals surface area contributed by atoms with Crippen molar-refractivity contribution >= 4 is 11.7 Å². The maximum Gasteiger partial charge on any atom is 0.360 e. The van der Waals surface area contributed by atoms with Gasteiger partial charge in [-0.05, 0) is 31.4 Å². The fourth-order valence-electron chi connectivity index (χ4n) is 2.82. The Balaban J connectivity index is 2.11. The molecule has 1 fully saturated rings. The molecule has 2 aromatic rings. The average Bonchev–Trinajstić information content (AvgIpc) is 2.62. The maximum atomic E-state index is 12.5. The van der Waals surface area contributed by atoms with E-state index in [1.807, 2.05) is 23.1 Å². The van der Waals surface area contributed by atoms with Crippen molar-refractivity contribution in [3.05, 3.63) is 52.4 Å². The first-order valence-electron chi connectivity index (χ1n) is 7.74. The predicted molar refractivity (Wildman–Crippen MR) is 87.2 cm³/mol. The number of piperidine rings is 1. The third kappa shape index (κ3) is 3.11. The van der Waals surface area contributed by atoms with E-state index in [9.17, 15) is 9.59 Å². The zero-order valence-corrected chi connectivity index (χ0v) is 13.1. The third-order valence-corrected chi connectivity index (χ3v) is 3.99. The van der Waals surface area contributed by atoms with Gasteiger partial charge in [0.25, 0.3) is 5.56 Å². The normalized spacial score (nSPS) is 14.6. The second-order valence-corrected chi connectivity index (χ2v) is 5.50. The number of anilines is 1. The van der Waals surface area contributed by atoms with Crippen molar-refractivity contribution in [1.82, 2.24) is 9.78 Å². The number of hydrogen-bond acceptors (Lipinski definition) is 5. The van der Waals surface area contributed by atoms with Gasteiger partial charge in [0, 0.05) is 19.2 Å². The van der Waals surface area contributed by atoms with Crippen LogP contribution in [0, 0.1) is 0 Å². The predicted octanol–water partition coefficient (Wildman–Crippen LogP) is 2.01. The number of aromatic nitrogens is 2. The van der Waals surface area contributed by atoms with E-state index in [4.69, 9.17) is 4.74 Å². The van der Waals surface area contributed by atoms with E-state index in [2.05, 4.69) is 5.10 Å². The van der Waals surface area contributed by atoms with Crippen LogP contribution in [0.25, 0.3) is 5.69 Å². The van der Waals surface area contributed by atoms with Gasteiger partial charge in [-0.2, -0.15) is 9.78 Å². The zero-order valence-electron chi connectivity index (χ0n) is 13.1. The van der Waals surface area contributed by atoms with Crippen LogP contribution in [0.15, 0.2) is 41.2 Å². The summed E-state index contributed by atoms with van der Waals surface area (Å²) < 4.78 is 6.09. The highest BCUT2D eigenvalue weighted by molar-refractivity contribution is 5.93. The fourth-order valence-corrected chi connectivity index (χ4v) is 2.82. The molecule has 0 radical (unpaired) electrons. The van der Waals surface area contributed by atoms with Crippen molar-refractivity contribution in [2.75, 3.05) is 25.1 Å². The summed E-state index contributed by atoms with van der Waals surface area (Å²) in [6.07, 6.45) is 3.25. The molecule has 0 N–H and O–H groups in total. The first-order chi connectivity index (χ1) is 11.2. The van der Waals surface area contributed by atoms with Gasteiger partial charge in [-0.25, -0.2) is 4.79 Å². The highest BCUT2D eigenvalue weighted by Crippen LogP contribution is 2.22. The van der Waals surface area contributed by atoms with Crippen LogP contribution < -0.4 is 10.5 Å². The smallest absolute Gasteiger partial charge is 0.360 e. The Labute approximate surface area is 134 Å².